The Labute approximate surface area is 204 Å². The molecule has 0 spiro atoms. The lowest BCUT2D eigenvalue weighted by molar-refractivity contribution is -0.118. The molecular weight excluding hydrogens is 474 g/mol. The topological polar surface area (TPSA) is 81.9 Å². The molecule has 2 aromatic heterocycles. The van der Waals surface area contributed by atoms with Gasteiger partial charge in [0.15, 0.2) is 11.6 Å². The summed E-state index contributed by atoms with van der Waals surface area (Å²) >= 11 is 7.44. The molecule has 7 nitrogen and oxygen atoms in total. The maximum Gasteiger partial charge on any atom is 0.262 e. The van der Waals surface area contributed by atoms with Gasteiger partial charge < -0.3 is 14.8 Å². The zero-order chi connectivity index (χ0) is 23.5. The third-order valence-corrected chi connectivity index (χ3v) is 6.92. The molecule has 0 atom stereocenters. The average molecular weight is 496 g/mol. The summed E-state index contributed by atoms with van der Waals surface area (Å²) in [4.78, 5) is 31.4. The summed E-state index contributed by atoms with van der Waals surface area (Å²) < 4.78 is 13.0. The number of rotatable bonds is 7. The van der Waals surface area contributed by atoms with Crippen molar-refractivity contribution in [2.24, 2.45) is 0 Å². The SMILES string of the molecule is O=C(COc1ccc(Cl)cc1)Nc1ccc(OCc2cc(=O)n3c4c(sc3n2)CCCC4)cc1. The van der Waals surface area contributed by atoms with Crippen molar-refractivity contribution in [1.29, 1.82) is 0 Å². The molecule has 1 amide bonds. The Bertz CT molecular complexity index is 1380. The summed E-state index contributed by atoms with van der Waals surface area (Å²) in [5.74, 6) is 0.903. The summed E-state index contributed by atoms with van der Waals surface area (Å²) in [6.07, 6.45) is 4.23. The lowest BCUT2D eigenvalue weighted by Crippen LogP contribution is -2.20. The first-order valence-electron chi connectivity index (χ1n) is 11.0. The van der Waals surface area contributed by atoms with E-state index in [9.17, 15) is 9.59 Å². The molecular formula is C25H22ClN3O4S. The van der Waals surface area contributed by atoms with E-state index in [1.165, 1.54) is 4.88 Å². The second-order valence-corrected chi connectivity index (χ2v) is 9.49. The lowest BCUT2D eigenvalue weighted by Gasteiger charge is -2.10. The molecule has 1 N–H and O–H groups in total. The molecule has 0 saturated heterocycles. The van der Waals surface area contributed by atoms with Gasteiger partial charge in [-0.05, 0) is 74.2 Å². The summed E-state index contributed by atoms with van der Waals surface area (Å²) in [5, 5.41) is 3.38. The van der Waals surface area contributed by atoms with E-state index in [0.29, 0.717) is 27.9 Å². The standard InChI is InChI=1S/C25H22ClN3O4S/c26-16-5-9-19(10-6-16)33-15-23(30)27-17-7-11-20(12-8-17)32-14-18-13-24(31)29-21-3-1-2-4-22(21)34-25(29)28-18/h5-13H,1-4,14-15H2,(H,27,30). The van der Waals surface area contributed by atoms with Crippen molar-refractivity contribution >= 4 is 39.5 Å². The van der Waals surface area contributed by atoms with Gasteiger partial charge in [-0.3, -0.25) is 14.0 Å². The van der Waals surface area contributed by atoms with Crippen molar-refractivity contribution < 1.29 is 14.3 Å². The van der Waals surface area contributed by atoms with E-state index in [4.69, 9.17) is 21.1 Å². The zero-order valence-electron chi connectivity index (χ0n) is 18.3. The van der Waals surface area contributed by atoms with Gasteiger partial charge in [0.2, 0.25) is 0 Å². The smallest absolute Gasteiger partial charge is 0.262 e. The Morgan fingerprint density at radius 1 is 1.03 bits per heavy atom. The number of hydrogen-bond donors (Lipinski definition) is 1. The minimum absolute atomic E-state index is 0.0538. The molecule has 2 heterocycles. The number of carbonyl (C=O) groups is 1. The molecule has 4 aromatic rings. The molecule has 0 saturated carbocycles. The molecule has 0 fully saturated rings. The maximum absolute atomic E-state index is 12.7. The normalized spacial score (nSPS) is 12.9. The Morgan fingerprint density at radius 3 is 2.53 bits per heavy atom. The van der Waals surface area contributed by atoms with Crippen molar-refractivity contribution in [2.45, 2.75) is 32.3 Å². The third-order valence-electron chi connectivity index (χ3n) is 5.52. The third kappa shape index (κ3) is 5.08. The van der Waals surface area contributed by atoms with Crippen molar-refractivity contribution in [3.05, 3.63) is 86.2 Å². The van der Waals surface area contributed by atoms with Crippen molar-refractivity contribution in [1.82, 2.24) is 9.38 Å². The monoisotopic (exact) mass is 495 g/mol. The van der Waals surface area contributed by atoms with Gasteiger partial charge in [0.05, 0.1) is 5.69 Å². The molecule has 5 rings (SSSR count). The van der Waals surface area contributed by atoms with Crippen molar-refractivity contribution in [2.75, 3.05) is 11.9 Å². The Balaban J connectivity index is 1.17. The van der Waals surface area contributed by atoms with Gasteiger partial charge in [-0.2, -0.15) is 0 Å². The van der Waals surface area contributed by atoms with E-state index in [-0.39, 0.29) is 24.7 Å². The van der Waals surface area contributed by atoms with Crippen LogP contribution in [0.1, 0.15) is 29.1 Å². The van der Waals surface area contributed by atoms with Crippen LogP contribution < -0.4 is 20.3 Å². The van der Waals surface area contributed by atoms with Crippen molar-refractivity contribution in [3.8, 4) is 11.5 Å². The average Bonchev–Trinajstić information content (AvgIpc) is 3.22. The van der Waals surface area contributed by atoms with Crippen LogP contribution in [-0.2, 0) is 24.2 Å². The summed E-state index contributed by atoms with van der Waals surface area (Å²) in [6.45, 7) is 0.0741. The van der Waals surface area contributed by atoms with Gasteiger partial charge in [-0.15, -0.1) is 11.3 Å². The van der Waals surface area contributed by atoms with Crippen molar-refractivity contribution in [3.63, 3.8) is 0 Å². The number of amides is 1. The van der Waals surface area contributed by atoms with E-state index in [1.807, 2.05) is 0 Å². The quantitative estimate of drug-likeness (QED) is 0.395. The number of fused-ring (bicyclic) bond motifs is 3. The van der Waals surface area contributed by atoms with Gasteiger partial charge in [0.25, 0.3) is 11.5 Å². The molecule has 0 radical (unpaired) electrons. The number of nitrogens with zero attached hydrogens (tertiary/aromatic N) is 2. The van der Waals surface area contributed by atoms with Gasteiger partial charge >= 0.3 is 0 Å². The number of carbonyl (C=O) groups excluding carboxylic acids is 1. The first-order chi connectivity index (χ1) is 16.5. The van der Waals surface area contributed by atoms with Crippen LogP contribution in [-0.4, -0.2) is 21.9 Å². The predicted octanol–water partition coefficient (Wildman–Crippen LogP) is 4.88. The van der Waals surface area contributed by atoms with E-state index >= 15 is 0 Å². The maximum atomic E-state index is 12.7. The molecule has 9 heteroatoms. The Morgan fingerprint density at radius 2 is 1.74 bits per heavy atom. The Kier molecular flexibility index (Phi) is 6.51. The zero-order valence-corrected chi connectivity index (χ0v) is 19.8. The first kappa shape index (κ1) is 22.4. The molecule has 2 aromatic carbocycles. The van der Waals surface area contributed by atoms with Crippen LogP contribution in [0.2, 0.25) is 5.02 Å². The summed E-state index contributed by atoms with van der Waals surface area (Å²) in [7, 11) is 0. The highest BCUT2D eigenvalue weighted by atomic mass is 35.5. The number of ether oxygens (including phenoxy) is 2. The fraction of sp³-hybridized carbons (Fsp3) is 0.240. The van der Waals surface area contributed by atoms with Gasteiger partial charge in [0, 0.05) is 27.3 Å². The van der Waals surface area contributed by atoms with Crippen LogP contribution in [0.3, 0.4) is 0 Å². The molecule has 0 bridgehead atoms. The number of nitrogens with one attached hydrogen (secondary N) is 1. The number of halogens is 1. The molecule has 34 heavy (non-hydrogen) atoms. The first-order valence-corrected chi connectivity index (χ1v) is 12.2. The highest BCUT2D eigenvalue weighted by molar-refractivity contribution is 7.17. The minimum atomic E-state index is -0.278. The van der Waals surface area contributed by atoms with Crippen LogP contribution >= 0.6 is 22.9 Å². The van der Waals surface area contributed by atoms with Crippen LogP contribution in [0.4, 0.5) is 5.69 Å². The number of anilines is 1. The Hall–Kier alpha value is -3.36. The summed E-state index contributed by atoms with van der Waals surface area (Å²) in [6, 6.07) is 15.4. The molecule has 1 aliphatic rings. The number of benzene rings is 2. The minimum Gasteiger partial charge on any atom is -0.487 e. The number of aromatic nitrogens is 2. The van der Waals surface area contributed by atoms with Gasteiger partial charge in [-0.1, -0.05) is 11.6 Å². The second-order valence-electron chi connectivity index (χ2n) is 7.99. The molecule has 0 unspecified atom stereocenters. The fourth-order valence-corrected chi connectivity index (χ4v) is 5.24. The van der Waals surface area contributed by atoms with E-state index in [1.54, 1.807) is 70.3 Å². The van der Waals surface area contributed by atoms with Crippen LogP contribution in [0, 0.1) is 0 Å². The molecule has 1 aliphatic carbocycles. The molecule has 174 valence electrons. The van der Waals surface area contributed by atoms with Crippen LogP contribution in [0.15, 0.2) is 59.4 Å². The number of aryl methyl sites for hydroxylation is 2. The van der Waals surface area contributed by atoms with Gasteiger partial charge in [-0.25, -0.2) is 4.98 Å². The van der Waals surface area contributed by atoms with Crippen LogP contribution in [0.5, 0.6) is 11.5 Å². The number of thiazole rings is 1. The number of hydrogen-bond acceptors (Lipinski definition) is 6. The van der Waals surface area contributed by atoms with E-state index in [2.05, 4.69) is 10.3 Å². The van der Waals surface area contributed by atoms with Crippen LogP contribution in [0.25, 0.3) is 4.96 Å². The second kappa shape index (κ2) is 9.87. The lowest BCUT2D eigenvalue weighted by atomic mass is 10.0. The fourth-order valence-electron chi connectivity index (χ4n) is 3.88. The van der Waals surface area contributed by atoms with E-state index < -0.39 is 0 Å². The summed E-state index contributed by atoms with van der Waals surface area (Å²) in [5.41, 5.74) is 2.29. The molecule has 0 aliphatic heterocycles. The predicted molar refractivity (Wildman–Crippen MR) is 132 cm³/mol. The highest BCUT2D eigenvalue weighted by Crippen LogP contribution is 2.28. The highest BCUT2D eigenvalue weighted by Gasteiger charge is 2.18. The largest absolute Gasteiger partial charge is 0.487 e. The van der Waals surface area contributed by atoms with E-state index in [0.717, 1.165) is 36.3 Å². The van der Waals surface area contributed by atoms with Gasteiger partial charge in [0.1, 0.15) is 18.1 Å².